The van der Waals surface area contributed by atoms with Crippen molar-refractivity contribution in [2.75, 3.05) is 51.9 Å². The Labute approximate surface area is 216 Å². The third kappa shape index (κ3) is 6.96. The van der Waals surface area contributed by atoms with E-state index >= 15 is 0 Å². The topological polar surface area (TPSA) is 64.1 Å². The van der Waals surface area contributed by atoms with Gasteiger partial charge in [0.25, 0.3) is 5.91 Å². The van der Waals surface area contributed by atoms with Gasteiger partial charge in [0.1, 0.15) is 11.3 Å². The zero-order valence-electron chi connectivity index (χ0n) is 20.8. The average molecular weight is 526 g/mol. The molecule has 0 spiro atoms. The molecule has 0 aliphatic carbocycles. The second-order valence-corrected chi connectivity index (χ2v) is 8.81. The first-order valence-corrected chi connectivity index (χ1v) is 12.3. The summed E-state index contributed by atoms with van der Waals surface area (Å²) in [5.74, 6) is 0.704. The minimum atomic E-state index is -0.404. The van der Waals surface area contributed by atoms with Crippen molar-refractivity contribution in [1.82, 2.24) is 9.88 Å². The Kier molecular flexibility index (Phi) is 11.0. The van der Waals surface area contributed by atoms with Crippen LogP contribution in [0.25, 0.3) is 10.2 Å². The van der Waals surface area contributed by atoms with Gasteiger partial charge in [0.2, 0.25) is 5.75 Å². The highest BCUT2D eigenvalue weighted by atomic mass is 35.5. The average Bonchev–Trinajstić information content (AvgIpc) is 3.24. The number of amides is 1. The standard InChI is InChI=1S/C25H32FN3O4S.ClH/c1-6-31-19-15-17(16-20(32-7-2)23(19)33-8-3)24(30)29(14-10-13-28(4)5)25-27-22-18(26)11-9-12-21(22)34-25;/h9,11-12,15-16H,6-8,10,13-14H2,1-5H3;1H. The van der Waals surface area contributed by atoms with Gasteiger partial charge in [-0.2, -0.15) is 0 Å². The molecule has 1 aromatic heterocycles. The van der Waals surface area contributed by atoms with Crippen LogP contribution < -0.4 is 19.1 Å². The Bertz CT molecular complexity index is 1100. The third-order valence-corrected chi connectivity index (χ3v) is 6.02. The highest BCUT2D eigenvalue weighted by Crippen LogP contribution is 2.40. The lowest BCUT2D eigenvalue weighted by Gasteiger charge is -2.22. The smallest absolute Gasteiger partial charge is 0.260 e. The van der Waals surface area contributed by atoms with Crippen molar-refractivity contribution in [3.8, 4) is 17.2 Å². The summed E-state index contributed by atoms with van der Waals surface area (Å²) >= 11 is 1.29. The van der Waals surface area contributed by atoms with Crippen molar-refractivity contribution in [3.63, 3.8) is 0 Å². The zero-order chi connectivity index (χ0) is 24.7. The molecule has 1 amide bonds. The van der Waals surface area contributed by atoms with Gasteiger partial charge in [-0.25, -0.2) is 9.37 Å². The molecule has 0 saturated heterocycles. The highest BCUT2D eigenvalue weighted by Gasteiger charge is 2.25. The maximum atomic E-state index is 14.3. The molecule has 0 atom stereocenters. The minimum absolute atomic E-state index is 0. The quantitative estimate of drug-likeness (QED) is 0.304. The van der Waals surface area contributed by atoms with E-state index in [9.17, 15) is 9.18 Å². The summed E-state index contributed by atoms with van der Waals surface area (Å²) in [5, 5.41) is 0.452. The number of thiazole rings is 1. The number of carbonyl (C=O) groups excluding carboxylic acids is 1. The Morgan fingerprint density at radius 3 is 2.17 bits per heavy atom. The lowest BCUT2D eigenvalue weighted by Crippen LogP contribution is -2.33. The molecule has 35 heavy (non-hydrogen) atoms. The van der Waals surface area contributed by atoms with Gasteiger partial charge < -0.3 is 19.1 Å². The van der Waals surface area contributed by atoms with E-state index in [4.69, 9.17) is 14.2 Å². The van der Waals surface area contributed by atoms with E-state index < -0.39 is 5.82 Å². The van der Waals surface area contributed by atoms with Crippen LogP contribution in [-0.2, 0) is 0 Å². The van der Waals surface area contributed by atoms with Gasteiger partial charge in [0.15, 0.2) is 16.6 Å². The molecule has 10 heteroatoms. The second kappa shape index (κ2) is 13.5. The summed E-state index contributed by atoms with van der Waals surface area (Å²) in [4.78, 5) is 21.9. The van der Waals surface area contributed by atoms with Crippen molar-refractivity contribution in [3.05, 3.63) is 41.7 Å². The molecule has 0 bridgehead atoms. The number of hydrogen-bond acceptors (Lipinski definition) is 7. The predicted molar refractivity (Wildman–Crippen MR) is 142 cm³/mol. The van der Waals surface area contributed by atoms with Gasteiger partial charge in [-0.1, -0.05) is 17.4 Å². The predicted octanol–water partition coefficient (Wildman–Crippen LogP) is 5.65. The van der Waals surface area contributed by atoms with E-state index in [1.807, 2.05) is 34.9 Å². The number of ether oxygens (including phenoxy) is 3. The minimum Gasteiger partial charge on any atom is -0.490 e. The monoisotopic (exact) mass is 525 g/mol. The van der Waals surface area contributed by atoms with Crippen LogP contribution in [0.5, 0.6) is 17.2 Å². The number of aromatic nitrogens is 1. The fourth-order valence-corrected chi connectivity index (χ4v) is 4.52. The fourth-order valence-electron chi connectivity index (χ4n) is 3.52. The first-order chi connectivity index (χ1) is 16.4. The van der Waals surface area contributed by atoms with E-state index in [0.717, 1.165) is 13.0 Å². The first-order valence-electron chi connectivity index (χ1n) is 11.5. The number of rotatable bonds is 12. The number of carbonyl (C=O) groups is 1. The lowest BCUT2D eigenvalue weighted by atomic mass is 10.1. The number of hydrogen-bond donors (Lipinski definition) is 0. The van der Waals surface area contributed by atoms with Crippen molar-refractivity contribution < 1.29 is 23.4 Å². The first kappa shape index (κ1) is 28.6. The second-order valence-electron chi connectivity index (χ2n) is 7.80. The van der Waals surface area contributed by atoms with Crippen LogP contribution in [0.2, 0.25) is 0 Å². The lowest BCUT2D eigenvalue weighted by molar-refractivity contribution is 0.0985. The molecule has 2 aromatic carbocycles. The maximum absolute atomic E-state index is 14.3. The molecule has 1 heterocycles. The molecular formula is C25H33ClFN3O4S. The molecule has 0 aliphatic heterocycles. The van der Waals surface area contributed by atoms with Gasteiger partial charge in [0.05, 0.1) is 24.5 Å². The van der Waals surface area contributed by atoms with Gasteiger partial charge in [-0.3, -0.25) is 9.69 Å². The summed E-state index contributed by atoms with van der Waals surface area (Å²) in [6, 6.07) is 8.17. The number of anilines is 1. The normalized spacial score (nSPS) is 10.8. The fraction of sp³-hybridized carbons (Fsp3) is 0.440. The van der Waals surface area contributed by atoms with Crippen LogP contribution in [0.3, 0.4) is 0 Å². The summed E-state index contributed by atoms with van der Waals surface area (Å²) in [6.07, 6.45) is 0.727. The Hall–Kier alpha value is -2.62. The number of para-hydroxylation sites is 1. The third-order valence-electron chi connectivity index (χ3n) is 4.98. The number of nitrogens with zero attached hydrogens (tertiary/aromatic N) is 3. The molecule has 0 unspecified atom stereocenters. The van der Waals surface area contributed by atoms with E-state index in [-0.39, 0.29) is 23.8 Å². The molecule has 0 fully saturated rings. The molecule has 0 N–H and O–H groups in total. The van der Waals surface area contributed by atoms with E-state index in [0.29, 0.717) is 59.0 Å². The molecule has 0 saturated carbocycles. The van der Waals surface area contributed by atoms with Crippen LogP contribution in [0.15, 0.2) is 30.3 Å². The summed E-state index contributed by atoms with van der Waals surface area (Å²) in [5.41, 5.74) is 0.657. The molecule has 3 aromatic rings. The Morgan fingerprint density at radius 1 is 1.00 bits per heavy atom. The van der Waals surface area contributed by atoms with Crippen molar-refractivity contribution in [2.45, 2.75) is 27.2 Å². The molecule has 192 valence electrons. The number of halogens is 2. The van der Waals surface area contributed by atoms with E-state index in [1.54, 1.807) is 29.2 Å². The zero-order valence-corrected chi connectivity index (χ0v) is 22.4. The van der Waals surface area contributed by atoms with Crippen molar-refractivity contribution in [2.24, 2.45) is 0 Å². The number of fused-ring (bicyclic) bond motifs is 1. The van der Waals surface area contributed by atoms with Crippen LogP contribution >= 0.6 is 23.7 Å². The van der Waals surface area contributed by atoms with Crippen molar-refractivity contribution >= 4 is 45.0 Å². The summed E-state index contributed by atoms with van der Waals surface area (Å²) < 4.78 is 32.3. The largest absolute Gasteiger partial charge is 0.490 e. The van der Waals surface area contributed by atoms with Gasteiger partial charge in [-0.05, 0) is 72.1 Å². The van der Waals surface area contributed by atoms with E-state index in [2.05, 4.69) is 9.88 Å². The summed E-state index contributed by atoms with van der Waals surface area (Å²) in [6.45, 7) is 8.09. The summed E-state index contributed by atoms with van der Waals surface area (Å²) in [7, 11) is 3.96. The van der Waals surface area contributed by atoms with Crippen LogP contribution in [0.4, 0.5) is 9.52 Å². The molecular weight excluding hydrogens is 493 g/mol. The van der Waals surface area contributed by atoms with Gasteiger partial charge >= 0.3 is 0 Å². The van der Waals surface area contributed by atoms with E-state index in [1.165, 1.54) is 17.4 Å². The number of benzene rings is 2. The molecule has 7 nitrogen and oxygen atoms in total. The SMILES string of the molecule is CCOc1cc(C(=O)N(CCCN(C)C)c2nc3c(F)cccc3s2)cc(OCC)c1OCC.Cl. The van der Waals surface area contributed by atoms with Crippen LogP contribution in [0.1, 0.15) is 37.6 Å². The van der Waals surface area contributed by atoms with Crippen LogP contribution in [0, 0.1) is 5.82 Å². The molecule has 0 radical (unpaired) electrons. The maximum Gasteiger partial charge on any atom is 0.260 e. The Morgan fingerprint density at radius 2 is 1.63 bits per heavy atom. The highest BCUT2D eigenvalue weighted by molar-refractivity contribution is 7.22. The van der Waals surface area contributed by atoms with Crippen LogP contribution in [-0.4, -0.2) is 62.8 Å². The molecule has 0 aliphatic rings. The van der Waals surface area contributed by atoms with Crippen molar-refractivity contribution in [1.29, 1.82) is 0 Å². The van der Waals surface area contributed by atoms with Gasteiger partial charge in [-0.15, -0.1) is 12.4 Å². The Balaban J connectivity index is 0.00000432. The molecule has 3 rings (SSSR count). The van der Waals surface area contributed by atoms with Gasteiger partial charge in [0, 0.05) is 12.1 Å².